The molecule has 5 heteroatoms. The average molecular weight is 211 g/mol. The summed E-state index contributed by atoms with van der Waals surface area (Å²) in [6.07, 6.45) is 0. The highest BCUT2D eigenvalue weighted by molar-refractivity contribution is 7.86. The van der Waals surface area contributed by atoms with E-state index in [9.17, 15) is 8.42 Å². The Morgan fingerprint density at radius 3 is 2.71 bits per heavy atom. The molecule has 14 heavy (non-hydrogen) atoms. The minimum atomic E-state index is -4.14. The third-order valence-electron chi connectivity index (χ3n) is 2.04. The minimum Gasteiger partial charge on any atom is -0.359 e. The van der Waals surface area contributed by atoms with Gasteiger partial charge in [0, 0.05) is 16.6 Å². The summed E-state index contributed by atoms with van der Waals surface area (Å²) in [4.78, 5) is 2.94. The molecule has 0 unspecified atom stereocenters. The van der Waals surface area contributed by atoms with Gasteiger partial charge in [-0.2, -0.15) is 8.42 Å². The van der Waals surface area contributed by atoms with E-state index in [-0.39, 0.29) is 4.90 Å². The Morgan fingerprint density at radius 2 is 2.07 bits per heavy atom. The predicted molar refractivity (Wildman–Crippen MR) is 52.9 cm³/mol. The summed E-state index contributed by atoms with van der Waals surface area (Å²) in [7, 11) is -4.14. The zero-order valence-electron chi connectivity index (χ0n) is 7.48. The lowest BCUT2D eigenvalue weighted by Gasteiger charge is -1.97. The Kier molecular flexibility index (Phi) is 1.87. The number of aryl methyl sites for hydroxylation is 1. The largest absolute Gasteiger partial charge is 0.359 e. The van der Waals surface area contributed by atoms with Gasteiger partial charge < -0.3 is 4.98 Å². The Bertz CT molecular complexity index is 583. The van der Waals surface area contributed by atoms with Crippen molar-refractivity contribution < 1.29 is 13.0 Å². The van der Waals surface area contributed by atoms with Crippen LogP contribution in [0.5, 0.6) is 0 Å². The van der Waals surface area contributed by atoms with Crippen molar-refractivity contribution in [1.82, 2.24) is 4.98 Å². The number of H-pyrrole nitrogens is 1. The molecular weight excluding hydrogens is 202 g/mol. The van der Waals surface area contributed by atoms with Crippen LogP contribution in [0.25, 0.3) is 10.9 Å². The van der Waals surface area contributed by atoms with E-state index in [0.29, 0.717) is 10.9 Å². The van der Waals surface area contributed by atoms with E-state index in [2.05, 4.69) is 4.98 Å². The number of hydrogen-bond donors (Lipinski definition) is 2. The average Bonchev–Trinajstić information content (AvgIpc) is 2.41. The van der Waals surface area contributed by atoms with Crippen molar-refractivity contribution in [3.63, 3.8) is 0 Å². The van der Waals surface area contributed by atoms with Crippen LogP contribution in [0.2, 0.25) is 0 Å². The lowest BCUT2D eigenvalue weighted by molar-refractivity contribution is 0.484. The molecule has 0 fully saturated rings. The van der Waals surface area contributed by atoms with Crippen LogP contribution in [0.1, 0.15) is 5.69 Å². The number of aromatic nitrogens is 1. The van der Waals surface area contributed by atoms with Gasteiger partial charge in [-0.1, -0.05) is 6.07 Å². The van der Waals surface area contributed by atoms with Gasteiger partial charge in [-0.15, -0.1) is 0 Å². The molecule has 2 rings (SSSR count). The van der Waals surface area contributed by atoms with Crippen LogP contribution in [0.15, 0.2) is 29.2 Å². The molecule has 0 saturated carbocycles. The maximum atomic E-state index is 11.0. The highest BCUT2D eigenvalue weighted by Gasteiger charge is 2.14. The summed E-state index contributed by atoms with van der Waals surface area (Å²) in [5, 5.41) is 0.521. The summed E-state index contributed by atoms with van der Waals surface area (Å²) in [5.74, 6) is 0. The lowest BCUT2D eigenvalue weighted by atomic mass is 10.2. The number of fused-ring (bicyclic) bond motifs is 1. The monoisotopic (exact) mass is 211 g/mol. The van der Waals surface area contributed by atoms with Crippen molar-refractivity contribution in [2.75, 3.05) is 0 Å². The van der Waals surface area contributed by atoms with E-state index in [1.54, 1.807) is 18.2 Å². The van der Waals surface area contributed by atoms with Crippen molar-refractivity contribution in [1.29, 1.82) is 0 Å². The molecular formula is C9H9NO3S. The molecule has 0 aliphatic carbocycles. The lowest BCUT2D eigenvalue weighted by Crippen LogP contribution is -1.97. The molecule has 0 aliphatic rings. The van der Waals surface area contributed by atoms with Gasteiger partial charge in [-0.05, 0) is 25.1 Å². The van der Waals surface area contributed by atoms with Crippen molar-refractivity contribution in [2.24, 2.45) is 0 Å². The summed E-state index contributed by atoms with van der Waals surface area (Å²) in [6.45, 7) is 1.83. The standard InChI is InChI=1S/C9H9NO3S/c1-6-5-7-8(10-6)3-2-4-9(7)14(11,12)13/h2-5,10H,1H3,(H,11,12,13). The fourth-order valence-corrected chi connectivity index (χ4v) is 2.19. The quantitative estimate of drug-likeness (QED) is 0.705. The van der Waals surface area contributed by atoms with E-state index >= 15 is 0 Å². The SMILES string of the molecule is Cc1cc2c(S(=O)(=O)O)cccc2[nH]1. The van der Waals surface area contributed by atoms with Gasteiger partial charge in [-0.25, -0.2) is 0 Å². The summed E-state index contributed by atoms with van der Waals surface area (Å²) >= 11 is 0. The molecule has 4 nitrogen and oxygen atoms in total. The topological polar surface area (TPSA) is 70.2 Å². The van der Waals surface area contributed by atoms with Crippen molar-refractivity contribution in [3.05, 3.63) is 30.0 Å². The fraction of sp³-hybridized carbons (Fsp3) is 0.111. The number of hydrogen-bond acceptors (Lipinski definition) is 2. The highest BCUT2D eigenvalue weighted by Crippen LogP contribution is 2.23. The first kappa shape index (κ1) is 9.23. The number of aromatic amines is 1. The molecule has 1 heterocycles. The second kappa shape index (κ2) is 2.83. The molecule has 0 saturated heterocycles. The molecule has 0 spiro atoms. The molecule has 0 bridgehead atoms. The number of nitrogens with one attached hydrogen (secondary N) is 1. The van der Waals surface area contributed by atoms with Gasteiger partial charge >= 0.3 is 0 Å². The maximum Gasteiger partial charge on any atom is 0.295 e. The van der Waals surface area contributed by atoms with Crippen molar-refractivity contribution in [3.8, 4) is 0 Å². The molecule has 0 aliphatic heterocycles. The second-order valence-electron chi connectivity index (χ2n) is 3.14. The van der Waals surface area contributed by atoms with Crippen LogP contribution in [-0.2, 0) is 10.1 Å². The molecule has 2 N–H and O–H groups in total. The van der Waals surface area contributed by atoms with Crippen LogP contribution >= 0.6 is 0 Å². The first-order chi connectivity index (χ1) is 6.48. The molecule has 2 aromatic rings. The normalized spacial score (nSPS) is 12.1. The van der Waals surface area contributed by atoms with Gasteiger partial charge in [0.05, 0.1) is 0 Å². The van der Waals surface area contributed by atoms with E-state index in [1.807, 2.05) is 6.92 Å². The number of rotatable bonds is 1. The zero-order valence-corrected chi connectivity index (χ0v) is 8.30. The predicted octanol–water partition coefficient (Wildman–Crippen LogP) is 1.72. The summed E-state index contributed by atoms with van der Waals surface area (Å²) in [5.41, 5.74) is 1.56. The molecule has 1 aromatic carbocycles. The third kappa shape index (κ3) is 1.40. The van der Waals surface area contributed by atoms with E-state index in [1.165, 1.54) is 6.07 Å². The Hall–Kier alpha value is -1.33. The van der Waals surface area contributed by atoms with E-state index in [4.69, 9.17) is 4.55 Å². The van der Waals surface area contributed by atoms with E-state index in [0.717, 1.165) is 5.69 Å². The highest BCUT2D eigenvalue weighted by atomic mass is 32.2. The smallest absolute Gasteiger partial charge is 0.295 e. The number of benzene rings is 1. The van der Waals surface area contributed by atoms with Crippen LogP contribution < -0.4 is 0 Å². The van der Waals surface area contributed by atoms with Gasteiger partial charge in [0.25, 0.3) is 10.1 Å². The molecule has 74 valence electrons. The Balaban J connectivity index is 2.90. The summed E-state index contributed by atoms with van der Waals surface area (Å²) < 4.78 is 31.0. The first-order valence-electron chi connectivity index (χ1n) is 4.04. The van der Waals surface area contributed by atoms with Crippen molar-refractivity contribution >= 4 is 21.0 Å². The second-order valence-corrected chi connectivity index (χ2v) is 4.53. The zero-order chi connectivity index (χ0) is 10.3. The van der Waals surface area contributed by atoms with Crippen LogP contribution in [-0.4, -0.2) is 18.0 Å². The minimum absolute atomic E-state index is 0.0562. The van der Waals surface area contributed by atoms with Gasteiger partial charge in [-0.3, -0.25) is 4.55 Å². The molecule has 1 aromatic heterocycles. The third-order valence-corrected chi connectivity index (χ3v) is 2.95. The van der Waals surface area contributed by atoms with Crippen LogP contribution in [0.3, 0.4) is 0 Å². The van der Waals surface area contributed by atoms with Crippen molar-refractivity contribution in [2.45, 2.75) is 11.8 Å². The van der Waals surface area contributed by atoms with E-state index < -0.39 is 10.1 Å². The van der Waals surface area contributed by atoms with Crippen LogP contribution in [0.4, 0.5) is 0 Å². The molecule has 0 atom stereocenters. The molecule has 0 radical (unpaired) electrons. The van der Waals surface area contributed by atoms with Crippen LogP contribution in [0, 0.1) is 6.92 Å². The molecule has 0 amide bonds. The fourth-order valence-electron chi connectivity index (χ4n) is 1.49. The Morgan fingerprint density at radius 1 is 1.36 bits per heavy atom. The Labute approximate surface area is 81.3 Å². The summed E-state index contributed by atoms with van der Waals surface area (Å²) in [6, 6.07) is 6.42. The maximum absolute atomic E-state index is 11.0. The van der Waals surface area contributed by atoms with Gasteiger partial charge in [0.15, 0.2) is 0 Å². The first-order valence-corrected chi connectivity index (χ1v) is 5.48. The van der Waals surface area contributed by atoms with Gasteiger partial charge in [0.1, 0.15) is 4.90 Å². The van der Waals surface area contributed by atoms with Gasteiger partial charge in [0.2, 0.25) is 0 Å².